The molecule has 10 heteroatoms. The standard InChI is InChI=1S/C27H31N5O5/c1-18-9-11-20(12-10-18)22(14-25(34)35)30-24(33)17-32(3)26(36)23-13-21(16-31(23)2)29-27(37)28-15-19-7-5-4-6-8-19/h4-13,16,22H,14-15,17H2,1-3H3,(H,30,33)(H,34,35)(H2,28,29,37). The summed E-state index contributed by atoms with van der Waals surface area (Å²) in [5, 5.41) is 17.4. The van der Waals surface area contributed by atoms with Crippen molar-refractivity contribution < 1.29 is 24.3 Å². The number of amides is 4. The van der Waals surface area contributed by atoms with E-state index in [2.05, 4.69) is 16.0 Å². The van der Waals surface area contributed by atoms with E-state index in [1.54, 1.807) is 29.9 Å². The molecule has 0 aliphatic rings. The Morgan fingerprint density at radius 3 is 2.35 bits per heavy atom. The molecule has 1 unspecified atom stereocenters. The molecule has 0 aliphatic carbocycles. The maximum atomic E-state index is 13.0. The molecular formula is C27H31N5O5. The van der Waals surface area contributed by atoms with Crippen LogP contribution in [0.3, 0.4) is 0 Å². The molecule has 0 saturated carbocycles. The smallest absolute Gasteiger partial charge is 0.319 e. The lowest BCUT2D eigenvalue weighted by Crippen LogP contribution is -2.40. The Morgan fingerprint density at radius 2 is 1.70 bits per heavy atom. The van der Waals surface area contributed by atoms with E-state index in [0.29, 0.717) is 17.8 Å². The Balaban J connectivity index is 1.58. The van der Waals surface area contributed by atoms with Crippen molar-refractivity contribution in [2.24, 2.45) is 7.05 Å². The van der Waals surface area contributed by atoms with Gasteiger partial charge in [-0.25, -0.2) is 4.79 Å². The molecule has 194 valence electrons. The fourth-order valence-corrected chi connectivity index (χ4v) is 3.75. The highest BCUT2D eigenvalue weighted by Crippen LogP contribution is 2.18. The van der Waals surface area contributed by atoms with Gasteiger partial charge in [-0.1, -0.05) is 60.2 Å². The Hall–Kier alpha value is -4.60. The number of likely N-dealkylation sites (N-methyl/N-ethyl adjacent to an activating group) is 1. The zero-order valence-electron chi connectivity index (χ0n) is 21.0. The third-order valence-corrected chi connectivity index (χ3v) is 5.70. The number of carbonyl (C=O) groups excluding carboxylic acids is 3. The number of carbonyl (C=O) groups is 4. The second-order valence-corrected chi connectivity index (χ2v) is 8.81. The summed E-state index contributed by atoms with van der Waals surface area (Å²) in [5.41, 5.74) is 3.33. The summed E-state index contributed by atoms with van der Waals surface area (Å²) in [6.45, 7) is 2.00. The van der Waals surface area contributed by atoms with Gasteiger partial charge in [-0.3, -0.25) is 14.4 Å². The van der Waals surface area contributed by atoms with Crippen molar-refractivity contribution in [3.8, 4) is 0 Å². The van der Waals surface area contributed by atoms with Crippen LogP contribution in [0.15, 0.2) is 66.9 Å². The first-order chi connectivity index (χ1) is 17.6. The number of nitrogens with one attached hydrogen (secondary N) is 3. The second kappa shape index (κ2) is 12.4. The van der Waals surface area contributed by atoms with Gasteiger partial charge in [-0.05, 0) is 24.1 Å². The van der Waals surface area contributed by atoms with Gasteiger partial charge in [-0.15, -0.1) is 0 Å². The van der Waals surface area contributed by atoms with Crippen molar-refractivity contribution >= 4 is 29.5 Å². The van der Waals surface area contributed by atoms with Gasteiger partial charge in [0.2, 0.25) is 5.91 Å². The highest BCUT2D eigenvalue weighted by Gasteiger charge is 2.22. The number of anilines is 1. The van der Waals surface area contributed by atoms with Crippen molar-refractivity contribution in [2.75, 3.05) is 18.9 Å². The van der Waals surface area contributed by atoms with Crippen LogP contribution in [0.2, 0.25) is 0 Å². The van der Waals surface area contributed by atoms with Crippen LogP contribution in [0.4, 0.5) is 10.5 Å². The number of urea groups is 1. The van der Waals surface area contributed by atoms with Crippen molar-refractivity contribution in [2.45, 2.75) is 25.9 Å². The normalized spacial score (nSPS) is 11.3. The van der Waals surface area contributed by atoms with E-state index < -0.39 is 29.9 Å². The Labute approximate surface area is 215 Å². The fourth-order valence-electron chi connectivity index (χ4n) is 3.75. The van der Waals surface area contributed by atoms with Crippen LogP contribution in [-0.4, -0.2) is 52.0 Å². The number of hydrogen-bond acceptors (Lipinski definition) is 4. The number of aromatic nitrogens is 1. The van der Waals surface area contributed by atoms with Crippen LogP contribution in [0, 0.1) is 6.92 Å². The summed E-state index contributed by atoms with van der Waals surface area (Å²) in [6, 6.07) is 17.1. The molecular weight excluding hydrogens is 474 g/mol. The number of hydrogen-bond donors (Lipinski definition) is 4. The first-order valence-corrected chi connectivity index (χ1v) is 11.7. The first-order valence-electron chi connectivity index (χ1n) is 11.7. The van der Waals surface area contributed by atoms with Gasteiger partial charge in [0, 0.05) is 26.8 Å². The molecule has 3 aromatic rings. The Bertz CT molecular complexity index is 1250. The molecule has 37 heavy (non-hydrogen) atoms. The number of carboxylic acid groups (broad SMARTS) is 1. The molecule has 0 bridgehead atoms. The maximum Gasteiger partial charge on any atom is 0.319 e. The average Bonchev–Trinajstić information content (AvgIpc) is 3.22. The van der Waals surface area contributed by atoms with Gasteiger partial charge in [0.15, 0.2) is 0 Å². The lowest BCUT2D eigenvalue weighted by molar-refractivity contribution is -0.137. The Kier molecular flexibility index (Phi) is 9.04. The van der Waals surface area contributed by atoms with Crippen molar-refractivity contribution in [3.63, 3.8) is 0 Å². The molecule has 2 aromatic carbocycles. The van der Waals surface area contributed by atoms with E-state index >= 15 is 0 Å². The molecule has 4 amide bonds. The minimum absolute atomic E-state index is 0.272. The largest absolute Gasteiger partial charge is 0.481 e. The van der Waals surface area contributed by atoms with Crippen LogP contribution in [-0.2, 0) is 23.2 Å². The van der Waals surface area contributed by atoms with Gasteiger partial charge < -0.3 is 30.5 Å². The van der Waals surface area contributed by atoms with Gasteiger partial charge >= 0.3 is 12.0 Å². The van der Waals surface area contributed by atoms with Crippen LogP contribution in [0.5, 0.6) is 0 Å². The SMILES string of the molecule is Cc1ccc(C(CC(=O)O)NC(=O)CN(C)C(=O)c2cc(NC(=O)NCc3ccccc3)cn2C)cc1. The minimum atomic E-state index is -1.05. The Morgan fingerprint density at radius 1 is 1.03 bits per heavy atom. The van der Waals surface area contributed by atoms with E-state index in [1.165, 1.54) is 18.0 Å². The highest BCUT2D eigenvalue weighted by molar-refractivity contribution is 5.97. The molecule has 0 fully saturated rings. The number of carboxylic acids is 1. The maximum absolute atomic E-state index is 13.0. The van der Waals surface area contributed by atoms with Gasteiger partial charge in [0.1, 0.15) is 5.69 Å². The molecule has 0 saturated heterocycles. The molecule has 3 rings (SSSR count). The summed E-state index contributed by atoms with van der Waals surface area (Å²) in [6.07, 6.45) is 1.31. The quantitative estimate of drug-likeness (QED) is 0.336. The van der Waals surface area contributed by atoms with E-state index in [-0.39, 0.29) is 18.7 Å². The molecule has 10 nitrogen and oxygen atoms in total. The number of aryl methyl sites for hydroxylation is 2. The average molecular weight is 506 g/mol. The van der Waals surface area contributed by atoms with E-state index in [0.717, 1.165) is 11.1 Å². The summed E-state index contributed by atoms with van der Waals surface area (Å²) >= 11 is 0. The summed E-state index contributed by atoms with van der Waals surface area (Å²) < 4.78 is 1.56. The number of aliphatic carboxylic acids is 1. The highest BCUT2D eigenvalue weighted by atomic mass is 16.4. The molecule has 1 heterocycles. The molecule has 1 aromatic heterocycles. The van der Waals surface area contributed by atoms with E-state index in [1.807, 2.05) is 49.4 Å². The predicted molar refractivity (Wildman–Crippen MR) is 139 cm³/mol. The number of rotatable bonds is 10. The summed E-state index contributed by atoms with van der Waals surface area (Å²) in [7, 11) is 3.14. The van der Waals surface area contributed by atoms with Gasteiger partial charge in [0.25, 0.3) is 5.91 Å². The molecule has 0 spiro atoms. The monoisotopic (exact) mass is 505 g/mol. The summed E-state index contributed by atoms with van der Waals surface area (Å²) in [5.74, 6) is -1.97. The summed E-state index contributed by atoms with van der Waals surface area (Å²) in [4.78, 5) is 50.5. The second-order valence-electron chi connectivity index (χ2n) is 8.81. The molecule has 0 aliphatic heterocycles. The fraction of sp³-hybridized carbons (Fsp3) is 0.259. The third kappa shape index (κ3) is 7.96. The topological polar surface area (TPSA) is 133 Å². The van der Waals surface area contributed by atoms with Crippen molar-refractivity contribution in [3.05, 3.63) is 89.2 Å². The van der Waals surface area contributed by atoms with Crippen LogP contribution < -0.4 is 16.0 Å². The van der Waals surface area contributed by atoms with Crippen molar-refractivity contribution in [1.82, 2.24) is 20.1 Å². The number of nitrogens with zero attached hydrogens (tertiary/aromatic N) is 2. The van der Waals surface area contributed by atoms with E-state index in [9.17, 15) is 24.3 Å². The van der Waals surface area contributed by atoms with Gasteiger partial charge in [-0.2, -0.15) is 0 Å². The lowest BCUT2D eigenvalue weighted by Gasteiger charge is -2.21. The molecule has 4 N–H and O–H groups in total. The van der Waals surface area contributed by atoms with Gasteiger partial charge in [0.05, 0.1) is 24.7 Å². The zero-order chi connectivity index (χ0) is 26.9. The van der Waals surface area contributed by atoms with Crippen LogP contribution in [0.25, 0.3) is 0 Å². The third-order valence-electron chi connectivity index (χ3n) is 5.70. The molecule has 0 radical (unpaired) electrons. The lowest BCUT2D eigenvalue weighted by atomic mass is 10.0. The minimum Gasteiger partial charge on any atom is -0.481 e. The molecule has 1 atom stereocenters. The van der Waals surface area contributed by atoms with Crippen molar-refractivity contribution in [1.29, 1.82) is 0 Å². The predicted octanol–water partition coefficient (Wildman–Crippen LogP) is 3.06. The first kappa shape index (κ1) is 27.0. The van der Waals surface area contributed by atoms with Crippen LogP contribution >= 0.6 is 0 Å². The van der Waals surface area contributed by atoms with Crippen LogP contribution in [0.1, 0.15) is 39.6 Å². The number of benzene rings is 2. The zero-order valence-corrected chi connectivity index (χ0v) is 21.0. The van der Waals surface area contributed by atoms with E-state index in [4.69, 9.17) is 0 Å².